The molecule has 24 heavy (non-hydrogen) atoms. The van der Waals surface area contributed by atoms with E-state index in [0.29, 0.717) is 12.0 Å². The summed E-state index contributed by atoms with van der Waals surface area (Å²) in [5, 5.41) is 8.82. The normalized spacial score (nSPS) is 16.8. The van der Waals surface area contributed by atoms with Crippen LogP contribution >= 0.6 is 0 Å². The number of allylic oxidation sites excluding steroid dienone is 2. The van der Waals surface area contributed by atoms with Gasteiger partial charge in [0.05, 0.1) is 18.2 Å². The molecular formula is C19H20N2O3. The van der Waals surface area contributed by atoms with Crippen LogP contribution in [0.5, 0.6) is 0 Å². The van der Waals surface area contributed by atoms with E-state index in [0.717, 1.165) is 11.8 Å². The Balaban J connectivity index is 2.03. The predicted octanol–water partition coefficient (Wildman–Crippen LogP) is 1.89. The number of hydrogen-bond acceptors (Lipinski definition) is 5. The molecule has 2 rings (SSSR count). The van der Waals surface area contributed by atoms with Gasteiger partial charge < -0.3 is 9.53 Å². The van der Waals surface area contributed by atoms with Crippen LogP contribution in [-0.2, 0) is 20.7 Å². The van der Waals surface area contributed by atoms with E-state index >= 15 is 0 Å². The highest BCUT2D eigenvalue weighted by molar-refractivity contribution is 6.00. The highest BCUT2D eigenvalue weighted by Gasteiger charge is 2.31. The van der Waals surface area contributed by atoms with E-state index < -0.39 is 5.72 Å². The molecule has 1 aromatic rings. The maximum absolute atomic E-state index is 11.4. The minimum Gasteiger partial charge on any atom is -0.352 e. The van der Waals surface area contributed by atoms with Crippen molar-refractivity contribution in [2.45, 2.75) is 12.1 Å². The van der Waals surface area contributed by atoms with Gasteiger partial charge in [0.15, 0.2) is 11.5 Å². The second-order valence-electron chi connectivity index (χ2n) is 5.94. The lowest BCUT2D eigenvalue weighted by Crippen LogP contribution is -2.45. The maximum Gasteiger partial charge on any atom is 0.178 e. The number of rotatable bonds is 7. The molecule has 1 aliphatic carbocycles. The van der Waals surface area contributed by atoms with E-state index in [1.807, 2.05) is 31.1 Å². The van der Waals surface area contributed by atoms with Crippen molar-refractivity contribution < 1.29 is 14.3 Å². The summed E-state index contributed by atoms with van der Waals surface area (Å²) in [5.41, 5.74) is 0.740. The first-order chi connectivity index (χ1) is 11.5. The van der Waals surface area contributed by atoms with Gasteiger partial charge in [0.25, 0.3) is 0 Å². The molecule has 0 bridgehead atoms. The average molecular weight is 324 g/mol. The van der Waals surface area contributed by atoms with Crippen molar-refractivity contribution in [2.75, 3.05) is 20.7 Å². The van der Waals surface area contributed by atoms with Crippen LogP contribution in [0, 0.1) is 17.2 Å². The lowest BCUT2D eigenvalue weighted by molar-refractivity contribution is -0.120. The number of likely N-dealkylation sites (N-methyl/N-ethyl adjacent to an activating group) is 1. The predicted molar refractivity (Wildman–Crippen MR) is 90.1 cm³/mol. The van der Waals surface area contributed by atoms with E-state index in [4.69, 9.17) is 10.00 Å². The van der Waals surface area contributed by atoms with E-state index in [2.05, 4.69) is 6.07 Å². The SMILES string of the molecule is CN(C)C1(OCC(C=O)Cc2ccc(C#N)cc2)C=CC(=O)C=C1. The first kappa shape index (κ1) is 17.8. The molecule has 0 fully saturated rings. The quantitative estimate of drug-likeness (QED) is 0.566. The molecule has 1 unspecified atom stereocenters. The highest BCUT2D eigenvalue weighted by atomic mass is 16.5. The first-order valence-electron chi connectivity index (χ1n) is 7.67. The van der Waals surface area contributed by atoms with E-state index in [1.165, 1.54) is 12.2 Å². The van der Waals surface area contributed by atoms with Crippen LogP contribution in [-0.4, -0.2) is 43.4 Å². The smallest absolute Gasteiger partial charge is 0.178 e. The van der Waals surface area contributed by atoms with Gasteiger partial charge >= 0.3 is 0 Å². The molecular weight excluding hydrogens is 304 g/mol. The topological polar surface area (TPSA) is 70.4 Å². The summed E-state index contributed by atoms with van der Waals surface area (Å²) in [6.45, 7) is 0.227. The van der Waals surface area contributed by atoms with Crippen molar-refractivity contribution in [1.82, 2.24) is 4.90 Å². The number of nitriles is 1. The van der Waals surface area contributed by atoms with Crippen LogP contribution in [0.25, 0.3) is 0 Å². The van der Waals surface area contributed by atoms with Crippen LogP contribution in [0.1, 0.15) is 11.1 Å². The van der Waals surface area contributed by atoms with E-state index in [-0.39, 0.29) is 18.3 Å². The van der Waals surface area contributed by atoms with Crippen LogP contribution < -0.4 is 0 Å². The lowest BCUT2D eigenvalue weighted by atomic mass is 10.00. The average Bonchev–Trinajstić information content (AvgIpc) is 2.60. The van der Waals surface area contributed by atoms with Crippen LogP contribution in [0.3, 0.4) is 0 Å². The van der Waals surface area contributed by atoms with Gasteiger partial charge in [0.2, 0.25) is 0 Å². The number of carbonyl (C=O) groups excluding carboxylic acids is 2. The second kappa shape index (κ2) is 7.82. The monoisotopic (exact) mass is 324 g/mol. The van der Waals surface area contributed by atoms with Gasteiger partial charge in [-0.25, -0.2) is 0 Å². The largest absolute Gasteiger partial charge is 0.352 e. The summed E-state index contributed by atoms with van der Waals surface area (Å²) in [6, 6.07) is 9.22. The zero-order valence-electron chi connectivity index (χ0n) is 13.8. The summed E-state index contributed by atoms with van der Waals surface area (Å²) in [7, 11) is 3.70. The highest BCUT2D eigenvalue weighted by Crippen LogP contribution is 2.23. The Morgan fingerprint density at radius 2 is 1.88 bits per heavy atom. The van der Waals surface area contributed by atoms with Gasteiger partial charge in [-0.2, -0.15) is 5.26 Å². The summed E-state index contributed by atoms with van der Waals surface area (Å²) in [4.78, 5) is 24.6. The third-order valence-electron chi connectivity index (χ3n) is 3.97. The van der Waals surface area contributed by atoms with Gasteiger partial charge in [-0.1, -0.05) is 12.1 Å². The third kappa shape index (κ3) is 4.25. The summed E-state index contributed by atoms with van der Waals surface area (Å²) in [6.07, 6.45) is 7.74. The van der Waals surface area contributed by atoms with E-state index in [9.17, 15) is 9.59 Å². The number of benzene rings is 1. The van der Waals surface area contributed by atoms with Crippen molar-refractivity contribution in [3.63, 3.8) is 0 Å². The molecule has 0 aromatic heterocycles. The van der Waals surface area contributed by atoms with Crippen LogP contribution in [0.4, 0.5) is 0 Å². The van der Waals surface area contributed by atoms with Gasteiger partial charge in [0.1, 0.15) is 6.29 Å². The zero-order valence-corrected chi connectivity index (χ0v) is 13.8. The Bertz CT molecular complexity index is 680. The fourth-order valence-corrected chi connectivity index (χ4v) is 2.44. The van der Waals surface area contributed by atoms with Crippen molar-refractivity contribution in [3.05, 3.63) is 59.7 Å². The van der Waals surface area contributed by atoms with Gasteiger partial charge in [-0.15, -0.1) is 0 Å². The summed E-state index contributed by atoms with van der Waals surface area (Å²) in [5.74, 6) is -0.394. The summed E-state index contributed by atoms with van der Waals surface area (Å²) >= 11 is 0. The minimum atomic E-state index is -0.820. The number of ketones is 1. The van der Waals surface area contributed by atoms with Crippen molar-refractivity contribution in [2.24, 2.45) is 5.92 Å². The second-order valence-corrected chi connectivity index (χ2v) is 5.94. The molecule has 0 heterocycles. The molecule has 0 N–H and O–H groups in total. The number of ether oxygens (including phenoxy) is 1. The molecule has 5 heteroatoms. The maximum atomic E-state index is 11.4. The molecule has 1 aliphatic rings. The minimum absolute atomic E-state index is 0.0828. The number of carbonyl (C=O) groups is 2. The zero-order chi connectivity index (χ0) is 17.6. The molecule has 0 amide bonds. The Kier molecular flexibility index (Phi) is 5.80. The standard InChI is InChI=1S/C19H20N2O3/c1-21(2)19(9-7-18(23)8-10-19)24-14-17(13-22)11-15-3-5-16(12-20)6-4-15/h3-10,13,17H,11,14H2,1-2H3. The molecule has 0 spiro atoms. The van der Waals surface area contributed by atoms with Gasteiger partial charge in [0, 0.05) is 5.92 Å². The molecule has 0 aliphatic heterocycles. The number of nitrogens with zero attached hydrogens (tertiary/aromatic N) is 2. The fourth-order valence-electron chi connectivity index (χ4n) is 2.44. The van der Waals surface area contributed by atoms with Gasteiger partial charge in [-0.05, 0) is 62.5 Å². The van der Waals surface area contributed by atoms with Crippen LogP contribution in [0.15, 0.2) is 48.6 Å². The molecule has 0 saturated carbocycles. The Morgan fingerprint density at radius 3 is 2.38 bits per heavy atom. The summed E-state index contributed by atoms with van der Waals surface area (Å²) < 4.78 is 5.97. The number of hydrogen-bond donors (Lipinski definition) is 0. The van der Waals surface area contributed by atoms with E-state index in [1.54, 1.807) is 24.3 Å². The van der Waals surface area contributed by atoms with Crippen LogP contribution in [0.2, 0.25) is 0 Å². The fraction of sp³-hybridized carbons (Fsp3) is 0.316. The lowest BCUT2D eigenvalue weighted by Gasteiger charge is -2.36. The Morgan fingerprint density at radius 1 is 1.25 bits per heavy atom. The molecule has 5 nitrogen and oxygen atoms in total. The molecule has 1 atom stereocenters. The molecule has 0 radical (unpaired) electrons. The molecule has 1 aromatic carbocycles. The first-order valence-corrected chi connectivity index (χ1v) is 7.67. The Labute approximate surface area is 141 Å². The van der Waals surface area contributed by atoms with Crippen molar-refractivity contribution in [1.29, 1.82) is 5.26 Å². The molecule has 124 valence electrons. The van der Waals surface area contributed by atoms with Gasteiger partial charge in [-0.3, -0.25) is 9.69 Å². The third-order valence-corrected chi connectivity index (χ3v) is 3.97. The molecule has 0 saturated heterocycles. The number of aldehydes is 1. The van der Waals surface area contributed by atoms with Crippen molar-refractivity contribution in [3.8, 4) is 6.07 Å². The Hall–Kier alpha value is -2.55. The van der Waals surface area contributed by atoms with Crippen molar-refractivity contribution >= 4 is 12.1 Å².